The first-order valence-corrected chi connectivity index (χ1v) is 11.4. The van der Waals surface area contributed by atoms with Gasteiger partial charge in [0.05, 0.1) is 18.9 Å². The minimum atomic E-state index is -1.15. The number of thioether (sulfide) groups is 1. The van der Waals surface area contributed by atoms with Crippen molar-refractivity contribution in [3.63, 3.8) is 0 Å². The molecule has 0 N–H and O–H groups in total. The predicted octanol–water partition coefficient (Wildman–Crippen LogP) is 3.54. The van der Waals surface area contributed by atoms with Crippen molar-refractivity contribution in [1.82, 2.24) is 9.88 Å². The predicted molar refractivity (Wildman–Crippen MR) is 113 cm³/mol. The van der Waals surface area contributed by atoms with Gasteiger partial charge in [-0.15, -0.1) is 0 Å². The maximum Gasteiger partial charge on any atom is 0.282 e. The van der Waals surface area contributed by atoms with Crippen LogP contribution in [0, 0.1) is 12.8 Å². The SMILES string of the molecule is Cc1oc(-c2ccccc2)nc1CCC1COC(C)(C(=O)N2CCSCC2)OC1. The molecular weight excluding hydrogens is 388 g/mol. The fourth-order valence-corrected chi connectivity index (χ4v) is 4.60. The number of hydrogen-bond donors (Lipinski definition) is 0. The van der Waals surface area contributed by atoms with E-state index in [2.05, 4.69) is 4.98 Å². The van der Waals surface area contributed by atoms with Crippen molar-refractivity contribution < 1.29 is 18.7 Å². The maximum absolute atomic E-state index is 12.8. The first kappa shape index (κ1) is 20.4. The normalized spacial score (nSPS) is 25.2. The van der Waals surface area contributed by atoms with Crippen LogP contribution in [0.3, 0.4) is 0 Å². The molecule has 1 amide bonds. The summed E-state index contributed by atoms with van der Waals surface area (Å²) in [5.41, 5.74) is 1.95. The summed E-state index contributed by atoms with van der Waals surface area (Å²) in [4.78, 5) is 19.3. The van der Waals surface area contributed by atoms with E-state index in [0.29, 0.717) is 19.1 Å². The zero-order chi connectivity index (χ0) is 20.3. The molecule has 2 aliphatic rings. The second kappa shape index (κ2) is 8.90. The van der Waals surface area contributed by atoms with E-state index in [9.17, 15) is 4.79 Å². The molecule has 2 saturated heterocycles. The van der Waals surface area contributed by atoms with Crippen molar-refractivity contribution in [2.45, 2.75) is 32.5 Å². The number of ether oxygens (including phenoxy) is 2. The number of aryl methyl sites for hydroxylation is 2. The molecule has 2 aromatic rings. The van der Waals surface area contributed by atoms with Gasteiger partial charge in [-0.3, -0.25) is 4.79 Å². The molecule has 6 nitrogen and oxygen atoms in total. The van der Waals surface area contributed by atoms with Crippen molar-refractivity contribution >= 4 is 17.7 Å². The van der Waals surface area contributed by atoms with Crippen molar-refractivity contribution in [2.75, 3.05) is 37.8 Å². The minimum Gasteiger partial charge on any atom is -0.441 e. The van der Waals surface area contributed by atoms with Crippen LogP contribution in [0.25, 0.3) is 11.5 Å². The molecule has 0 unspecified atom stereocenters. The van der Waals surface area contributed by atoms with Gasteiger partial charge in [-0.05, 0) is 38.8 Å². The molecule has 3 heterocycles. The van der Waals surface area contributed by atoms with E-state index < -0.39 is 5.79 Å². The summed E-state index contributed by atoms with van der Waals surface area (Å²) in [6.07, 6.45) is 1.68. The monoisotopic (exact) mass is 416 g/mol. The molecule has 7 heteroatoms. The van der Waals surface area contributed by atoms with E-state index >= 15 is 0 Å². The Kier molecular flexibility index (Phi) is 6.27. The highest BCUT2D eigenvalue weighted by Crippen LogP contribution is 2.28. The lowest BCUT2D eigenvalue weighted by Gasteiger charge is -2.40. The van der Waals surface area contributed by atoms with Gasteiger partial charge >= 0.3 is 0 Å². The Balaban J connectivity index is 1.30. The minimum absolute atomic E-state index is 0.0453. The first-order chi connectivity index (χ1) is 14.0. The Hall–Kier alpha value is -1.83. The second-order valence-electron chi connectivity index (χ2n) is 7.76. The lowest BCUT2D eigenvalue weighted by molar-refractivity contribution is -0.266. The number of rotatable bonds is 5. The van der Waals surface area contributed by atoms with Crippen LogP contribution in [-0.2, 0) is 20.7 Å². The molecule has 1 aromatic heterocycles. The van der Waals surface area contributed by atoms with Gasteiger partial charge in [-0.2, -0.15) is 11.8 Å². The van der Waals surface area contributed by atoms with Crippen LogP contribution in [0.4, 0.5) is 0 Å². The highest BCUT2D eigenvalue weighted by atomic mass is 32.2. The molecule has 4 rings (SSSR count). The summed E-state index contributed by atoms with van der Waals surface area (Å²) >= 11 is 1.88. The van der Waals surface area contributed by atoms with Crippen LogP contribution >= 0.6 is 11.8 Å². The van der Waals surface area contributed by atoms with Gasteiger partial charge in [0.2, 0.25) is 11.7 Å². The van der Waals surface area contributed by atoms with Crippen LogP contribution in [-0.4, -0.2) is 59.4 Å². The lowest BCUT2D eigenvalue weighted by atomic mass is 10.0. The number of benzene rings is 1. The van der Waals surface area contributed by atoms with Crippen LogP contribution < -0.4 is 0 Å². The Morgan fingerprint density at radius 2 is 1.90 bits per heavy atom. The third-order valence-corrected chi connectivity index (χ3v) is 6.52. The number of carbonyl (C=O) groups excluding carboxylic acids is 1. The third kappa shape index (κ3) is 4.68. The van der Waals surface area contributed by atoms with E-state index in [1.54, 1.807) is 6.92 Å². The quantitative estimate of drug-likeness (QED) is 0.743. The standard InChI is InChI=1S/C22H28N2O4S/c1-16-19(23-20(28-16)18-6-4-3-5-7-18)9-8-17-14-26-22(2,27-15-17)21(25)24-10-12-29-13-11-24/h3-7,17H,8-15H2,1-2H3. The van der Waals surface area contributed by atoms with Gasteiger partial charge in [0.15, 0.2) is 0 Å². The molecule has 29 heavy (non-hydrogen) atoms. The van der Waals surface area contributed by atoms with Crippen LogP contribution in [0.15, 0.2) is 34.7 Å². The highest BCUT2D eigenvalue weighted by molar-refractivity contribution is 7.99. The zero-order valence-electron chi connectivity index (χ0n) is 17.1. The summed E-state index contributed by atoms with van der Waals surface area (Å²) in [6.45, 7) is 6.28. The van der Waals surface area contributed by atoms with Gasteiger partial charge in [0.25, 0.3) is 5.91 Å². The number of nitrogens with zero attached hydrogens (tertiary/aromatic N) is 2. The molecule has 0 saturated carbocycles. The lowest BCUT2D eigenvalue weighted by Crippen LogP contribution is -2.56. The van der Waals surface area contributed by atoms with E-state index in [1.165, 1.54) is 0 Å². The van der Waals surface area contributed by atoms with Crippen LogP contribution in [0.1, 0.15) is 24.8 Å². The molecule has 0 atom stereocenters. The zero-order valence-corrected chi connectivity index (χ0v) is 17.9. The molecule has 0 aliphatic carbocycles. The summed E-state index contributed by atoms with van der Waals surface area (Å²) in [7, 11) is 0. The maximum atomic E-state index is 12.8. The average molecular weight is 417 g/mol. The summed E-state index contributed by atoms with van der Waals surface area (Å²) < 4.78 is 17.7. The summed E-state index contributed by atoms with van der Waals surface area (Å²) in [5.74, 6) is 2.51. The highest BCUT2D eigenvalue weighted by Gasteiger charge is 2.43. The molecular formula is C22H28N2O4S. The summed E-state index contributed by atoms with van der Waals surface area (Å²) in [6, 6.07) is 9.93. The molecule has 2 aliphatic heterocycles. The largest absolute Gasteiger partial charge is 0.441 e. The molecule has 1 aromatic carbocycles. The van der Waals surface area contributed by atoms with E-state index in [0.717, 1.165) is 54.5 Å². The van der Waals surface area contributed by atoms with Crippen LogP contribution in [0.5, 0.6) is 0 Å². The van der Waals surface area contributed by atoms with Crippen molar-refractivity contribution in [3.8, 4) is 11.5 Å². The van der Waals surface area contributed by atoms with Gasteiger partial charge in [-0.25, -0.2) is 4.98 Å². The Morgan fingerprint density at radius 1 is 1.21 bits per heavy atom. The smallest absolute Gasteiger partial charge is 0.282 e. The summed E-state index contributed by atoms with van der Waals surface area (Å²) in [5, 5.41) is 0. The number of aromatic nitrogens is 1. The number of hydrogen-bond acceptors (Lipinski definition) is 6. The third-order valence-electron chi connectivity index (χ3n) is 5.58. The molecule has 0 bridgehead atoms. The fraction of sp³-hybridized carbons (Fsp3) is 0.545. The van der Waals surface area contributed by atoms with Gasteiger partial charge < -0.3 is 18.8 Å². The molecule has 0 radical (unpaired) electrons. The van der Waals surface area contributed by atoms with E-state index in [4.69, 9.17) is 13.9 Å². The molecule has 156 valence electrons. The van der Waals surface area contributed by atoms with Gasteiger partial charge in [-0.1, -0.05) is 18.2 Å². The van der Waals surface area contributed by atoms with Gasteiger partial charge in [0, 0.05) is 36.1 Å². The molecule has 2 fully saturated rings. The molecule has 0 spiro atoms. The number of carbonyl (C=O) groups is 1. The van der Waals surface area contributed by atoms with Crippen molar-refractivity contribution in [3.05, 3.63) is 41.8 Å². The number of oxazole rings is 1. The van der Waals surface area contributed by atoms with Crippen molar-refractivity contribution in [2.24, 2.45) is 5.92 Å². The topological polar surface area (TPSA) is 64.8 Å². The van der Waals surface area contributed by atoms with E-state index in [-0.39, 0.29) is 11.8 Å². The Labute approximate surface area is 176 Å². The average Bonchev–Trinajstić information content (AvgIpc) is 3.15. The first-order valence-electron chi connectivity index (χ1n) is 10.2. The van der Waals surface area contributed by atoms with Crippen LogP contribution in [0.2, 0.25) is 0 Å². The van der Waals surface area contributed by atoms with Crippen molar-refractivity contribution in [1.29, 1.82) is 0 Å². The second-order valence-corrected chi connectivity index (χ2v) is 8.99. The fourth-order valence-electron chi connectivity index (χ4n) is 3.69. The van der Waals surface area contributed by atoms with E-state index in [1.807, 2.05) is 53.9 Å². The Bertz CT molecular complexity index is 825. The number of amides is 1. The Morgan fingerprint density at radius 3 is 2.59 bits per heavy atom. The van der Waals surface area contributed by atoms with Gasteiger partial charge in [0.1, 0.15) is 5.76 Å².